The molecule has 1 N–H and O–H groups in total. The average Bonchev–Trinajstić information content (AvgIpc) is 2.98. The van der Waals surface area contributed by atoms with Crippen LogP contribution in [-0.4, -0.2) is 20.0 Å². The molecule has 112 valence electrons. The van der Waals surface area contributed by atoms with E-state index in [9.17, 15) is 0 Å². The summed E-state index contributed by atoms with van der Waals surface area (Å²) in [5.74, 6) is 0. The Labute approximate surface area is 141 Å². The molecule has 2 heterocycles. The van der Waals surface area contributed by atoms with Crippen LogP contribution < -0.4 is 5.32 Å². The lowest BCUT2D eigenvalue weighted by Gasteiger charge is -2.03. The van der Waals surface area contributed by atoms with Crippen molar-refractivity contribution in [2.75, 3.05) is 5.32 Å². The van der Waals surface area contributed by atoms with Gasteiger partial charge in [-0.1, -0.05) is 40.0 Å². The third-order valence-corrected chi connectivity index (χ3v) is 3.87. The molecule has 2 aromatic heterocycles. The second kappa shape index (κ2) is 6.52. The zero-order valence-electron chi connectivity index (χ0n) is 11.2. The van der Waals surface area contributed by atoms with Crippen molar-refractivity contribution in [2.24, 2.45) is 0 Å². The summed E-state index contributed by atoms with van der Waals surface area (Å²) >= 11 is 17.6. The highest BCUT2D eigenvalue weighted by Crippen LogP contribution is 2.24. The first-order valence-corrected chi connectivity index (χ1v) is 7.47. The summed E-state index contributed by atoms with van der Waals surface area (Å²) in [6.07, 6.45) is 3.47. The van der Waals surface area contributed by atoms with Gasteiger partial charge < -0.3 is 5.32 Å². The second-order valence-electron chi connectivity index (χ2n) is 4.48. The average molecular weight is 355 g/mol. The van der Waals surface area contributed by atoms with Crippen molar-refractivity contribution in [3.05, 3.63) is 63.6 Å². The number of aromatic nitrogens is 4. The number of nitrogens with one attached hydrogen (secondary N) is 1. The van der Waals surface area contributed by atoms with Crippen LogP contribution in [-0.2, 0) is 6.54 Å². The number of benzene rings is 1. The third kappa shape index (κ3) is 3.50. The van der Waals surface area contributed by atoms with Crippen LogP contribution in [0.3, 0.4) is 0 Å². The Hall–Kier alpha value is -1.82. The SMILES string of the molecule is Clc1ccc(NCc2cn(-c3ccc(Cl)c(Cl)c3)nn2)cn1. The standard InChI is InChI=1S/C14H10Cl3N5/c15-12-3-2-11(5-13(12)16)22-8-10(20-21-22)7-18-9-1-4-14(17)19-6-9/h1-6,8,18H,7H2. The fourth-order valence-electron chi connectivity index (χ4n) is 1.81. The molecule has 0 fully saturated rings. The summed E-state index contributed by atoms with van der Waals surface area (Å²) in [6.45, 7) is 0.518. The summed E-state index contributed by atoms with van der Waals surface area (Å²) in [6, 6.07) is 8.84. The predicted octanol–water partition coefficient (Wildman–Crippen LogP) is 4.23. The van der Waals surface area contributed by atoms with Crippen LogP contribution in [0.4, 0.5) is 5.69 Å². The van der Waals surface area contributed by atoms with Crippen LogP contribution in [0.5, 0.6) is 0 Å². The van der Waals surface area contributed by atoms with Crippen molar-refractivity contribution < 1.29 is 0 Å². The van der Waals surface area contributed by atoms with Crippen molar-refractivity contribution in [3.8, 4) is 5.69 Å². The zero-order valence-corrected chi connectivity index (χ0v) is 13.4. The molecule has 3 rings (SSSR count). The Bertz CT molecular complexity index is 785. The first kappa shape index (κ1) is 15.1. The van der Waals surface area contributed by atoms with Gasteiger partial charge in [0.2, 0.25) is 0 Å². The molecule has 0 spiro atoms. The van der Waals surface area contributed by atoms with E-state index in [-0.39, 0.29) is 0 Å². The van der Waals surface area contributed by atoms with E-state index in [0.29, 0.717) is 21.7 Å². The Morgan fingerprint density at radius 2 is 1.91 bits per heavy atom. The monoisotopic (exact) mass is 353 g/mol. The molecule has 0 aliphatic rings. The highest BCUT2D eigenvalue weighted by Gasteiger charge is 2.05. The van der Waals surface area contributed by atoms with Gasteiger partial charge >= 0.3 is 0 Å². The quantitative estimate of drug-likeness (QED) is 0.712. The minimum Gasteiger partial charge on any atom is -0.378 e. The van der Waals surface area contributed by atoms with E-state index in [1.165, 1.54) is 0 Å². The van der Waals surface area contributed by atoms with E-state index in [0.717, 1.165) is 17.1 Å². The Morgan fingerprint density at radius 3 is 2.64 bits per heavy atom. The molecule has 1 aromatic carbocycles. The molecule has 0 bridgehead atoms. The van der Waals surface area contributed by atoms with E-state index in [1.807, 2.05) is 18.3 Å². The van der Waals surface area contributed by atoms with Crippen molar-refractivity contribution >= 4 is 40.5 Å². The van der Waals surface area contributed by atoms with Gasteiger partial charge in [-0.2, -0.15) is 0 Å². The van der Waals surface area contributed by atoms with Gasteiger partial charge in [0.05, 0.1) is 40.4 Å². The van der Waals surface area contributed by atoms with Crippen molar-refractivity contribution in [2.45, 2.75) is 6.54 Å². The van der Waals surface area contributed by atoms with E-state index in [4.69, 9.17) is 34.8 Å². The van der Waals surface area contributed by atoms with Gasteiger partial charge in [-0.05, 0) is 30.3 Å². The van der Waals surface area contributed by atoms with Crippen LogP contribution in [0, 0.1) is 0 Å². The normalized spacial score (nSPS) is 10.7. The van der Waals surface area contributed by atoms with Crippen molar-refractivity contribution in [1.82, 2.24) is 20.0 Å². The molecule has 0 atom stereocenters. The minimum atomic E-state index is 0.455. The third-order valence-electron chi connectivity index (χ3n) is 2.91. The number of pyridine rings is 1. The van der Waals surface area contributed by atoms with Crippen molar-refractivity contribution in [1.29, 1.82) is 0 Å². The maximum absolute atomic E-state index is 6.00. The van der Waals surface area contributed by atoms with E-state index >= 15 is 0 Å². The Morgan fingerprint density at radius 1 is 1.05 bits per heavy atom. The molecule has 0 aliphatic heterocycles. The zero-order chi connectivity index (χ0) is 15.5. The van der Waals surface area contributed by atoms with Gasteiger partial charge in [0.15, 0.2) is 0 Å². The molecule has 0 saturated heterocycles. The Kier molecular flexibility index (Phi) is 4.47. The first-order chi connectivity index (χ1) is 10.6. The van der Waals surface area contributed by atoms with Gasteiger partial charge in [-0.3, -0.25) is 0 Å². The van der Waals surface area contributed by atoms with E-state index < -0.39 is 0 Å². The van der Waals surface area contributed by atoms with E-state index in [2.05, 4.69) is 20.6 Å². The lowest BCUT2D eigenvalue weighted by atomic mass is 10.3. The van der Waals surface area contributed by atoms with Gasteiger partial charge in [-0.25, -0.2) is 9.67 Å². The molecule has 0 aliphatic carbocycles. The molecule has 0 amide bonds. The van der Waals surface area contributed by atoms with Gasteiger partial charge in [-0.15, -0.1) is 5.10 Å². The maximum atomic E-state index is 6.00. The smallest absolute Gasteiger partial charge is 0.129 e. The molecule has 0 radical (unpaired) electrons. The molecule has 5 nitrogen and oxygen atoms in total. The fraction of sp³-hybridized carbons (Fsp3) is 0.0714. The number of hydrogen-bond donors (Lipinski definition) is 1. The molecular weight excluding hydrogens is 345 g/mol. The summed E-state index contributed by atoms with van der Waals surface area (Å²) in [4.78, 5) is 4.00. The summed E-state index contributed by atoms with van der Waals surface area (Å²) in [7, 11) is 0. The molecule has 22 heavy (non-hydrogen) atoms. The molecule has 0 unspecified atom stereocenters. The van der Waals surface area contributed by atoms with Crippen LogP contribution in [0.1, 0.15) is 5.69 Å². The number of hydrogen-bond acceptors (Lipinski definition) is 4. The number of anilines is 1. The summed E-state index contributed by atoms with van der Waals surface area (Å²) in [5.41, 5.74) is 2.43. The van der Waals surface area contributed by atoms with Gasteiger partial charge in [0, 0.05) is 0 Å². The molecule has 8 heteroatoms. The minimum absolute atomic E-state index is 0.455. The fourth-order valence-corrected chi connectivity index (χ4v) is 2.21. The van der Waals surface area contributed by atoms with Crippen LogP contribution >= 0.6 is 34.8 Å². The first-order valence-electron chi connectivity index (χ1n) is 6.34. The molecular formula is C14H10Cl3N5. The number of rotatable bonds is 4. The van der Waals surface area contributed by atoms with Crippen LogP contribution in [0.25, 0.3) is 5.69 Å². The topological polar surface area (TPSA) is 55.6 Å². The largest absolute Gasteiger partial charge is 0.378 e. The second-order valence-corrected chi connectivity index (χ2v) is 5.68. The summed E-state index contributed by atoms with van der Waals surface area (Å²) < 4.78 is 1.64. The number of nitrogens with zero attached hydrogens (tertiary/aromatic N) is 4. The lowest BCUT2D eigenvalue weighted by molar-refractivity contribution is 0.798. The molecule has 0 saturated carbocycles. The number of halogens is 3. The molecule has 3 aromatic rings. The predicted molar refractivity (Wildman–Crippen MR) is 88.0 cm³/mol. The van der Waals surface area contributed by atoms with E-state index in [1.54, 1.807) is 29.1 Å². The van der Waals surface area contributed by atoms with Crippen molar-refractivity contribution in [3.63, 3.8) is 0 Å². The lowest BCUT2D eigenvalue weighted by Crippen LogP contribution is -2.00. The highest BCUT2D eigenvalue weighted by atomic mass is 35.5. The van der Waals surface area contributed by atoms with Crippen LogP contribution in [0.2, 0.25) is 15.2 Å². The maximum Gasteiger partial charge on any atom is 0.129 e. The van der Waals surface area contributed by atoms with Gasteiger partial charge in [0.1, 0.15) is 10.8 Å². The highest BCUT2D eigenvalue weighted by molar-refractivity contribution is 6.42. The van der Waals surface area contributed by atoms with Crippen LogP contribution in [0.15, 0.2) is 42.7 Å². The van der Waals surface area contributed by atoms with Gasteiger partial charge in [0.25, 0.3) is 0 Å². The Balaban J connectivity index is 1.70. The summed E-state index contributed by atoms with van der Waals surface area (Å²) in [5, 5.41) is 12.8.